The maximum absolute atomic E-state index is 12.4. The fourth-order valence-electron chi connectivity index (χ4n) is 2.29. The molecule has 0 saturated carbocycles. The van der Waals surface area contributed by atoms with Crippen LogP contribution in [0.1, 0.15) is 34.5 Å². The fraction of sp³-hybridized carbons (Fsp3) is 0.235. The van der Waals surface area contributed by atoms with Gasteiger partial charge >= 0.3 is 0 Å². The van der Waals surface area contributed by atoms with Crippen LogP contribution in [0.5, 0.6) is 0 Å². The second-order valence-electron chi connectivity index (χ2n) is 4.91. The van der Waals surface area contributed by atoms with Crippen molar-refractivity contribution in [3.63, 3.8) is 0 Å². The number of carbonyl (C=O) groups is 1. The predicted octanol–water partition coefficient (Wildman–Crippen LogP) is 3.33. The number of nitrogens with one attached hydrogen (secondary N) is 1. The van der Waals surface area contributed by atoms with Gasteiger partial charge in [0.25, 0.3) is 5.91 Å². The Kier molecular flexibility index (Phi) is 5.37. The second kappa shape index (κ2) is 7.25. The molecule has 1 amide bonds. The van der Waals surface area contributed by atoms with E-state index in [0.29, 0.717) is 23.6 Å². The molecule has 110 valence electrons. The van der Waals surface area contributed by atoms with Crippen LogP contribution < -0.4 is 11.1 Å². The van der Waals surface area contributed by atoms with Crippen LogP contribution in [0, 0.1) is 0 Å². The quantitative estimate of drug-likeness (QED) is 0.890. The van der Waals surface area contributed by atoms with Crippen LogP contribution in [-0.2, 0) is 6.42 Å². The molecule has 1 atom stereocenters. The smallest absolute Gasteiger partial charge is 0.252 e. The highest BCUT2D eigenvalue weighted by Crippen LogP contribution is 2.22. The zero-order chi connectivity index (χ0) is 15.2. The molecule has 0 bridgehead atoms. The van der Waals surface area contributed by atoms with Crippen LogP contribution in [0.2, 0.25) is 5.02 Å². The summed E-state index contributed by atoms with van der Waals surface area (Å²) in [7, 11) is 0. The first-order valence-corrected chi connectivity index (χ1v) is 7.34. The first-order valence-electron chi connectivity index (χ1n) is 6.96. The van der Waals surface area contributed by atoms with E-state index in [-0.39, 0.29) is 11.9 Å². The van der Waals surface area contributed by atoms with Crippen LogP contribution in [0.3, 0.4) is 0 Å². The number of hydrogen-bond acceptors (Lipinski definition) is 2. The Morgan fingerprint density at radius 3 is 2.57 bits per heavy atom. The van der Waals surface area contributed by atoms with E-state index in [1.165, 1.54) is 0 Å². The van der Waals surface area contributed by atoms with Crippen molar-refractivity contribution >= 4 is 17.5 Å². The van der Waals surface area contributed by atoms with Gasteiger partial charge in [0.2, 0.25) is 0 Å². The Hall–Kier alpha value is -1.84. The van der Waals surface area contributed by atoms with Crippen molar-refractivity contribution in [2.24, 2.45) is 5.73 Å². The minimum atomic E-state index is -0.155. The lowest BCUT2D eigenvalue weighted by molar-refractivity contribution is 0.0939. The first-order chi connectivity index (χ1) is 10.1. The number of halogens is 1. The summed E-state index contributed by atoms with van der Waals surface area (Å²) in [6.07, 6.45) is 0.685. The highest BCUT2D eigenvalue weighted by Gasteiger charge is 2.15. The summed E-state index contributed by atoms with van der Waals surface area (Å²) in [5.41, 5.74) is 8.13. The van der Waals surface area contributed by atoms with Crippen LogP contribution in [0.15, 0.2) is 48.5 Å². The summed E-state index contributed by atoms with van der Waals surface area (Å²) in [5, 5.41) is 3.64. The van der Waals surface area contributed by atoms with Gasteiger partial charge in [-0.3, -0.25) is 4.79 Å². The maximum atomic E-state index is 12.4. The lowest BCUT2D eigenvalue weighted by Crippen LogP contribution is -2.28. The lowest BCUT2D eigenvalue weighted by atomic mass is 10.0. The molecule has 4 heteroatoms. The topological polar surface area (TPSA) is 55.1 Å². The molecule has 2 aromatic carbocycles. The molecule has 0 radical (unpaired) electrons. The van der Waals surface area contributed by atoms with Crippen molar-refractivity contribution in [1.29, 1.82) is 0 Å². The van der Waals surface area contributed by atoms with Crippen molar-refractivity contribution in [3.05, 3.63) is 70.2 Å². The first kappa shape index (κ1) is 15.5. The van der Waals surface area contributed by atoms with Gasteiger partial charge in [0.1, 0.15) is 0 Å². The standard InChI is InChI=1S/C17H19ClN2O/c1-12(14-7-4-5-9-16(14)18)20-17(21)15-8-3-2-6-13(15)10-11-19/h2-9,12H,10-11,19H2,1H3,(H,20,21). The normalized spacial score (nSPS) is 12.0. The number of rotatable bonds is 5. The average molecular weight is 303 g/mol. The zero-order valence-corrected chi connectivity index (χ0v) is 12.7. The van der Waals surface area contributed by atoms with Crippen LogP contribution >= 0.6 is 11.6 Å². The number of benzene rings is 2. The molecule has 3 nitrogen and oxygen atoms in total. The summed E-state index contributed by atoms with van der Waals surface area (Å²) >= 11 is 6.16. The number of amides is 1. The molecule has 0 spiro atoms. The van der Waals surface area contributed by atoms with E-state index in [1.807, 2.05) is 55.5 Å². The van der Waals surface area contributed by atoms with E-state index in [4.69, 9.17) is 17.3 Å². The van der Waals surface area contributed by atoms with Gasteiger partial charge < -0.3 is 11.1 Å². The lowest BCUT2D eigenvalue weighted by Gasteiger charge is -2.17. The van der Waals surface area contributed by atoms with Crippen molar-refractivity contribution < 1.29 is 4.79 Å². The van der Waals surface area contributed by atoms with Crippen LogP contribution in [0.4, 0.5) is 0 Å². The van der Waals surface area contributed by atoms with Gasteiger partial charge in [-0.2, -0.15) is 0 Å². The Labute approximate surface area is 130 Å². The molecule has 0 aliphatic carbocycles. The van der Waals surface area contributed by atoms with E-state index < -0.39 is 0 Å². The summed E-state index contributed by atoms with van der Waals surface area (Å²) in [5.74, 6) is -0.105. The minimum absolute atomic E-state index is 0.105. The minimum Gasteiger partial charge on any atom is -0.345 e. The summed E-state index contributed by atoms with van der Waals surface area (Å²) in [6, 6.07) is 14.9. The third-order valence-electron chi connectivity index (χ3n) is 3.39. The molecule has 0 aliphatic heterocycles. The van der Waals surface area contributed by atoms with Gasteiger partial charge in [-0.05, 0) is 43.1 Å². The molecule has 0 aromatic heterocycles. The molecule has 3 N–H and O–H groups in total. The molecular weight excluding hydrogens is 284 g/mol. The van der Waals surface area contributed by atoms with E-state index in [2.05, 4.69) is 5.32 Å². The Balaban J connectivity index is 2.17. The van der Waals surface area contributed by atoms with E-state index in [0.717, 1.165) is 11.1 Å². The van der Waals surface area contributed by atoms with Gasteiger partial charge in [-0.15, -0.1) is 0 Å². The van der Waals surface area contributed by atoms with Crippen molar-refractivity contribution in [2.45, 2.75) is 19.4 Å². The van der Waals surface area contributed by atoms with Gasteiger partial charge in [0, 0.05) is 10.6 Å². The Morgan fingerprint density at radius 2 is 1.86 bits per heavy atom. The summed E-state index contributed by atoms with van der Waals surface area (Å²) in [6.45, 7) is 2.44. The molecule has 1 unspecified atom stereocenters. The highest BCUT2D eigenvalue weighted by atomic mass is 35.5. The van der Waals surface area contributed by atoms with Crippen LogP contribution in [-0.4, -0.2) is 12.5 Å². The SMILES string of the molecule is CC(NC(=O)c1ccccc1CCN)c1ccccc1Cl. The third kappa shape index (κ3) is 3.84. The number of hydrogen-bond donors (Lipinski definition) is 2. The molecule has 2 aromatic rings. The second-order valence-corrected chi connectivity index (χ2v) is 5.32. The molecular formula is C17H19ClN2O. The van der Waals surface area contributed by atoms with E-state index >= 15 is 0 Å². The largest absolute Gasteiger partial charge is 0.345 e. The number of nitrogens with two attached hydrogens (primary N) is 1. The summed E-state index contributed by atoms with van der Waals surface area (Å²) in [4.78, 5) is 12.4. The monoisotopic (exact) mass is 302 g/mol. The van der Waals surface area contributed by atoms with Gasteiger partial charge in [-0.25, -0.2) is 0 Å². The Bertz CT molecular complexity index is 628. The van der Waals surface area contributed by atoms with E-state index in [1.54, 1.807) is 0 Å². The van der Waals surface area contributed by atoms with Crippen LogP contribution in [0.25, 0.3) is 0 Å². The van der Waals surface area contributed by atoms with E-state index in [9.17, 15) is 4.79 Å². The van der Waals surface area contributed by atoms with Gasteiger partial charge in [-0.1, -0.05) is 48.0 Å². The third-order valence-corrected chi connectivity index (χ3v) is 3.74. The molecule has 21 heavy (non-hydrogen) atoms. The Morgan fingerprint density at radius 1 is 1.19 bits per heavy atom. The fourth-order valence-corrected chi connectivity index (χ4v) is 2.59. The highest BCUT2D eigenvalue weighted by molar-refractivity contribution is 6.31. The number of carbonyl (C=O) groups excluding carboxylic acids is 1. The van der Waals surface area contributed by atoms with Crippen molar-refractivity contribution in [2.75, 3.05) is 6.54 Å². The summed E-state index contributed by atoms with van der Waals surface area (Å²) < 4.78 is 0. The molecule has 0 aliphatic rings. The zero-order valence-electron chi connectivity index (χ0n) is 12.0. The molecule has 0 saturated heterocycles. The molecule has 0 heterocycles. The average Bonchev–Trinajstić information content (AvgIpc) is 2.48. The van der Waals surface area contributed by atoms with Crippen molar-refractivity contribution in [1.82, 2.24) is 5.32 Å². The predicted molar refractivity (Wildman–Crippen MR) is 86.5 cm³/mol. The molecule has 2 rings (SSSR count). The molecule has 0 fully saturated rings. The van der Waals surface area contributed by atoms with Crippen molar-refractivity contribution in [3.8, 4) is 0 Å². The maximum Gasteiger partial charge on any atom is 0.252 e. The van der Waals surface area contributed by atoms with Gasteiger partial charge in [0.15, 0.2) is 0 Å². The van der Waals surface area contributed by atoms with Gasteiger partial charge in [0.05, 0.1) is 6.04 Å².